The topological polar surface area (TPSA) is 24.5 Å². The third-order valence-corrected chi connectivity index (χ3v) is 4.24. The van der Waals surface area contributed by atoms with Crippen LogP contribution in [0.3, 0.4) is 0 Å². The first-order valence-electron chi connectivity index (χ1n) is 8.39. The van der Waals surface area contributed by atoms with E-state index in [9.17, 15) is 0 Å². The highest BCUT2D eigenvalue weighted by molar-refractivity contribution is 5.33. The fourth-order valence-corrected chi connectivity index (χ4v) is 2.71. The van der Waals surface area contributed by atoms with Crippen LogP contribution >= 0.6 is 0 Å². The fourth-order valence-electron chi connectivity index (χ4n) is 2.71. The van der Waals surface area contributed by atoms with Crippen molar-refractivity contribution in [3.8, 4) is 5.75 Å². The molecule has 1 aliphatic carbocycles. The predicted molar refractivity (Wildman–Crippen MR) is 88.8 cm³/mol. The summed E-state index contributed by atoms with van der Waals surface area (Å²) in [4.78, 5) is 2.40. The second-order valence-electron chi connectivity index (χ2n) is 6.19. The first-order valence-corrected chi connectivity index (χ1v) is 8.39. The van der Waals surface area contributed by atoms with Crippen LogP contribution in [0.4, 0.5) is 0 Å². The summed E-state index contributed by atoms with van der Waals surface area (Å²) >= 11 is 0. The van der Waals surface area contributed by atoms with Crippen molar-refractivity contribution >= 4 is 0 Å². The Balaban J connectivity index is 1.71. The van der Waals surface area contributed by atoms with E-state index in [2.05, 4.69) is 48.5 Å². The fraction of sp³-hybridized carbons (Fsp3) is 0.667. The van der Waals surface area contributed by atoms with Crippen LogP contribution in [-0.4, -0.2) is 38.2 Å². The summed E-state index contributed by atoms with van der Waals surface area (Å²) in [7, 11) is 2.20. The summed E-state index contributed by atoms with van der Waals surface area (Å²) in [6.07, 6.45) is 5.41. The molecule has 1 aliphatic rings. The van der Waals surface area contributed by atoms with Crippen molar-refractivity contribution in [1.82, 2.24) is 10.2 Å². The highest BCUT2D eigenvalue weighted by Crippen LogP contribution is 2.26. The van der Waals surface area contributed by atoms with Crippen molar-refractivity contribution in [2.24, 2.45) is 5.92 Å². The summed E-state index contributed by atoms with van der Waals surface area (Å²) < 4.78 is 5.99. The van der Waals surface area contributed by atoms with E-state index in [4.69, 9.17) is 4.74 Å². The monoisotopic (exact) mass is 290 g/mol. The second kappa shape index (κ2) is 9.06. The van der Waals surface area contributed by atoms with Crippen molar-refractivity contribution in [2.45, 2.75) is 39.2 Å². The van der Waals surface area contributed by atoms with E-state index >= 15 is 0 Å². The summed E-state index contributed by atoms with van der Waals surface area (Å²) in [6.45, 7) is 7.14. The molecule has 1 N–H and O–H groups in total. The number of hydrogen-bond acceptors (Lipinski definition) is 3. The quantitative estimate of drug-likeness (QED) is 0.669. The van der Waals surface area contributed by atoms with E-state index in [0.717, 1.165) is 44.3 Å². The molecule has 3 heteroatoms. The lowest BCUT2D eigenvalue weighted by Gasteiger charge is -2.30. The third-order valence-electron chi connectivity index (χ3n) is 4.24. The average Bonchev–Trinajstić information content (AvgIpc) is 2.45. The van der Waals surface area contributed by atoms with Gasteiger partial charge in [0.25, 0.3) is 0 Å². The van der Waals surface area contributed by atoms with Gasteiger partial charge in [-0.25, -0.2) is 0 Å². The van der Waals surface area contributed by atoms with Crippen molar-refractivity contribution in [2.75, 3.05) is 33.3 Å². The summed E-state index contributed by atoms with van der Waals surface area (Å²) in [6, 6.07) is 8.36. The van der Waals surface area contributed by atoms with Gasteiger partial charge in [-0.1, -0.05) is 31.5 Å². The van der Waals surface area contributed by atoms with Crippen LogP contribution in [0.25, 0.3) is 0 Å². The van der Waals surface area contributed by atoms with Gasteiger partial charge in [-0.3, -0.25) is 0 Å². The van der Waals surface area contributed by atoms with Gasteiger partial charge in [-0.15, -0.1) is 0 Å². The molecule has 0 aliphatic heterocycles. The molecule has 21 heavy (non-hydrogen) atoms. The third kappa shape index (κ3) is 5.68. The number of nitrogens with zero attached hydrogens (tertiary/aromatic N) is 1. The highest BCUT2D eigenvalue weighted by Gasteiger charge is 2.18. The molecule has 0 spiro atoms. The minimum absolute atomic E-state index is 0.772. The molecule has 1 aromatic carbocycles. The summed E-state index contributed by atoms with van der Waals surface area (Å²) in [5.41, 5.74) is 1.26. The van der Waals surface area contributed by atoms with E-state index in [0.29, 0.717) is 0 Å². The van der Waals surface area contributed by atoms with Gasteiger partial charge in [0.15, 0.2) is 0 Å². The Morgan fingerprint density at radius 3 is 2.81 bits per heavy atom. The molecule has 1 aromatic rings. The molecule has 1 fully saturated rings. The van der Waals surface area contributed by atoms with Crippen molar-refractivity contribution < 1.29 is 4.74 Å². The lowest BCUT2D eigenvalue weighted by molar-refractivity contribution is 0.177. The maximum Gasteiger partial charge on any atom is 0.123 e. The van der Waals surface area contributed by atoms with Crippen LogP contribution in [0, 0.1) is 5.92 Å². The molecular formula is C18H30N2O. The van der Waals surface area contributed by atoms with Gasteiger partial charge in [0.2, 0.25) is 0 Å². The summed E-state index contributed by atoms with van der Waals surface area (Å²) in [5.74, 6) is 1.96. The SMILES string of the molecule is CCCNCc1ccccc1OCCN(C)CC1CCC1. The molecule has 0 heterocycles. The first-order chi connectivity index (χ1) is 10.3. The Bertz CT molecular complexity index is 404. The maximum atomic E-state index is 5.99. The molecule has 0 unspecified atom stereocenters. The van der Waals surface area contributed by atoms with Gasteiger partial charge < -0.3 is 15.0 Å². The second-order valence-corrected chi connectivity index (χ2v) is 6.19. The molecule has 118 valence electrons. The molecule has 0 radical (unpaired) electrons. The predicted octanol–water partition coefficient (Wildman–Crippen LogP) is 3.30. The normalized spacial score (nSPS) is 15.2. The Morgan fingerprint density at radius 2 is 2.10 bits per heavy atom. The Labute approximate surface area is 129 Å². The number of nitrogens with one attached hydrogen (secondary N) is 1. The zero-order chi connectivity index (χ0) is 14.9. The molecule has 2 rings (SSSR count). The Kier molecular flexibility index (Phi) is 7.04. The maximum absolute atomic E-state index is 5.99. The van der Waals surface area contributed by atoms with E-state index in [1.54, 1.807) is 0 Å². The van der Waals surface area contributed by atoms with Crippen LogP contribution in [0.15, 0.2) is 24.3 Å². The minimum atomic E-state index is 0.772. The van der Waals surface area contributed by atoms with E-state index < -0.39 is 0 Å². The zero-order valence-electron chi connectivity index (χ0n) is 13.6. The molecular weight excluding hydrogens is 260 g/mol. The van der Waals surface area contributed by atoms with Crippen LogP contribution in [0.5, 0.6) is 5.75 Å². The van der Waals surface area contributed by atoms with Gasteiger partial charge in [-0.05, 0) is 44.8 Å². The molecule has 0 atom stereocenters. The molecule has 3 nitrogen and oxygen atoms in total. The molecule has 0 amide bonds. The van der Waals surface area contributed by atoms with Crippen molar-refractivity contribution in [1.29, 1.82) is 0 Å². The van der Waals surface area contributed by atoms with Gasteiger partial charge in [-0.2, -0.15) is 0 Å². The average molecular weight is 290 g/mol. The van der Waals surface area contributed by atoms with E-state index in [1.165, 1.54) is 31.4 Å². The minimum Gasteiger partial charge on any atom is -0.492 e. The van der Waals surface area contributed by atoms with Gasteiger partial charge in [0.05, 0.1) is 0 Å². The van der Waals surface area contributed by atoms with E-state index in [-0.39, 0.29) is 0 Å². The van der Waals surface area contributed by atoms with Crippen molar-refractivity contribution in [3.05, 3.63) is 29.8 Å². The smallest absolute Gasteiger partial charge is 0.123 e. The van der Waals surface area contributed by atoms with Crippen LogP contribution in [0.1, 0.15) is 38.2 Å². The number of ether oxygens (including phenoxy) is 1. The molecule has 1 saturated carbocycles. The summed E-state index contributed by atoms with van der Waals surface area (Å²) in [5, 5.41) is 3.44. The standard InChI is InChI=1S/C18H30N2O/c1-3-11-19-14-17-9-4-5-10-18(17)21-13-12-20(2)15-16-7-6-8-16/h4-5,9-10,16,19H,3,6-8,11-15H2,1-2H3. The molecule has 0 aromatic heterocycles. The van der Waals surface area contributed by atoms with Gasteiger partial charge >= 0.3 is 0 Å². The van der Waals surface area contributed by atoms with Gasteiger partial charge in [0, 0.05) is 25.2 Å². The van der Waals surface area contributed by atoms with Crippen LogP contribution in [-0.2, 0) is 6.54 Å². The number of benzene rings is 1. The number of rotatable bonds is 10. The lowest BCUT2D eigenvalue weighted by atomic mass is 9.85. The van der Waals surface area contributed by atoms with E-state index in [1.807, 2.05) is 0 Å². The van der Waals surface area contributed by atoms with Crippen LogP contribution in [0.2, 0.25) is 0 Å². The Morgan fingerprint density at radius 1 is 1.29 bits per heavy atom. The number of likely N-dealkylation sites (N-methyl/N-ethyl adjacent to an activating group) is 1. The number of para-hydroxylation sites is 1. The van der Waals surface area contributed by atoms with Crippen molar-refractivity contribution in [3.63, 3.8) is 0 Å². The first kappa shape index (κ1) is 16.3. The largest absolute Gasteiger partial charge is 0.492 e. The highest BCUT2D eigenvalue weighted by atomic mass is 16.5. The zero-order valence-corrected chi connectivity index (χ0v) is 13.6. The van der Waals surface area contributed by atoms with Gasteiger partial charge in [0.1, 0.15) is 12.4 Å². The lowest BCUT2D eigenvalue weighted by Crippen LogP contribution is -2.32. The van der Waals surface area contributed by atoms with Crippen LogP contribution < -0.4 is 10.1 Å². The Hall–Kier alpha value is -1.06. The molecule has 0 saturated heterocycles. The molecule has 0 bridgehead atoms. The number of hydrogen-bond donors (Lipinski definition) is 1.